The molecule has 0 aliphatic carbocycles. The summed E-state index contributed by atoms with van der Waals surface area (Å²) in [5, 5.41) is 2.57. The molecule has 1 atom stereocenters. The Kier molecular flexibility index (Phi) is 4.58. The summed E-state index contributed by atoms with van der Waals surface area (Å²) in [6, 6.07) is -0.718. The number of ether oxygens (including phenoxy) is 1. The smallest absolute Gasteiger partial charge is 0.328 e. The summed E-state index contributed by atoms with van der Waals surface area (Å²) in [4.78, 5) is 18.6. The van der Waals surface area contributed by atoms with Gasteiger partial charge in [-0.15, -0.1) is 0 Å². The standard InChI is InChI=1S/C9H14FN5O2/c1-3-17-8(16)5(2)13-7-6(10)4-12-9(14-7)15-11/h4-5H,3,11H2,1-2H3,(H2,12,13,14,15). The van der Waals surface area contributed by atoms with Gasteiger partial charge < -0.3 is 10.1 Å². The number of nitrogens with two attached hydrogens (primary N) is 1. The Bertz CT molecular complexity index is 401. The van der Waals surface area contributed by atoms with Gasteiger partial charge in [-0.05, 0) is 13.8 Å². The van der Waals surface area contributed by atoms with E-state index >= 15 is 0 Å². The molecule has 1 unspecified atom stereocenters. The van der Waals surface area contributed by atoms with Gasteiger partial charge in [-0.3, -0.25) is 5.43 Å². The molecule has 8 heteroatoms. The van der Waals surface area contributed by atoms with Crippen molar-refractivity contribution in [1.82, 2.24) is 9.97 Å². The van der Waals surface area contributed by atoms with Gasteiger partial charge in [0, 0.05) is 0 Å². The first-order valence-electron chi connectivity index (χ1n) is 5.00. The van der Waals surface area contributed by atoms with Crippen LogP contribution in [-0.2, 0) is 9.53 Å². The zero-order valence-electron chi connectivity index (χ0n) is 9.53. The second kappa shape index (κ2) is 5.94. The summed E-state index contributed by atoms with van der Waals surface area (Å²) < 4.78 is 18.1. The fourth-order valence-electron chi connectivity index (χ4n) is 1.07. The molecule has 0 saturated heterocycles. The fraction of sp³-hybridized carbons (Fsp3) is 0.444. The van der Waals surface area contributed by atoms with E-state index in [1.54, 1.807) is 6.92 Å². The number of carbonyl (C=O) groups is 1. The predicted octanol–water partition coefficient (Wildman–Crippen LogP) is 0.265. The second-order valence-corrected chi connectivity index (χ2v) is 3.15. The normalized spacial score (nSPS) is 11.8. The van der Waals surface area contributed by atoms with Gasteiger partial charge in [-0.2, -0.15) is 4.98 Å². The first kappa shape index (κ1) is 13.1. The molecule has 1 aromatic rings. The molecule has 1 rings (SSSR count). The van der Waals surface area contributed by atoms with Gasteiger partial charge in [0.1, 0.15) is 6.04 Å². The molecular formula is C9H14FN5O2. The molecule has 0 aliphatic heterocycles. The number of anilines is 2. The summed E-state index contributed by atoms with van der Waals surface area (Å²) in [7, 11) is 0. The van der Waals surface area contributed by atoms with E-state index in [0.717, 1.165) is 6.20 Å². The molecule has 94 valence electrons. The molecule has 7 nitrogen and oxygen atoms in total. The van der Waals surface area contributed by atoms with E-state index in [1.807, 2.05) is 0 Å². The van der Waals surface area contributed by atoms with Crippen molar-refractivity contribution in [3.05, 3.63) is 12.0 Å². The molecule has 0 fully saturated rings. The van der Waals surface area contributed by atoms with Gasteiger partial charge in [-0.25, -0.2) is 20.0 Å². The van der Waals surface area contributed by atoms with Gasteiger partial charge in [0.25, 0.3) is 0 Å². The van der Waals surface area contributed by atoms with Crippen LogP contribution in [0.5, 0.6) is 0 Å². The number of carbonyl (C=O) groups excluding carboxylic acids is 1. The van der Waals surface area contributed by atoms with Crippen molar-refractivity contribution in [3.63, 3.8) is 0 Å². The van der Waals surface area contributed by atoms with E-state index in [2.05, 4.69) is 20.7 Å². The lowest BCUT2D eigenvalue weighted by molar-refractivity contribution is -0.143. The Morgan fingerprint density at radius 1 is 1.71 bits per heavy atom. The largest absolute Gasteiger partial charge is 0.464 e. The van der Waals surface area contributed by atoms with Crippen molar-refractivity contribution in [3.8, 4) is 0 Å². The van der Waals surface area contributed by atoms with Crippen molar-refractivity contribution in [2.75, 3.05) is 17.3 Å². The summed E-state index contributed by atoms with van der Waals surface area (Å²) in [6.07, 6.45) is 0.947. The van der Waals surface area contributed by atoms with Crippen LogP contribution in [0.4, 0.5) is 16.2 Å². The highest BCUT2D eigenvalue weighted by Gasteiger charge is 2.16. The van der Waals surface area contributed by atoms with E-state index < -0.39 is 17.8 Å². The summed E-state index contributed by atoms with van der Waals surface area (Å²) >= 11 is 0. The highest BCUT2D eigenvalue weighted by Crippen LogP contribution is 2.12. The third kappa shape index (κ3) is 3.52. The molecule has 0 aromatic carbocycles. The van der Waals surface area contributed by atoms with E-state index in [9.17, 15) is 9.18 Å². The number of rotatable bonds is 5. The van der Waals surface area contributed by atoms with Crippen LogP contribution in [0.15, 0.2) is 6.20 Å². The molecule has 0 aliphatic rings. The van der Waals surface area contributed by atoms with Gasteiger partial charge in [0.05, 0.1) is 12.8 Å². The maximum atomic E-state index is 13.3. The zero-order valence-corrected chi connectivity index (χ0v) is 9.53. The number of hydrogen-bond donors (Lipinski definition) is 3. The molecule has 0 radical (unpaired) electrons. The average Bonchev–Trinajstić information content (AvgIpc) is 2.32. The van der Waals surface area contributed by atoms with E-state index in [0.29, 0.717) is 0 Å². The van der Waals surface area contributed by atoms with Crippen molar-refractivity contribution >= 4 is 17.7 Å². The minimum atomic E-state index is -0.718. The van der Waals surface area contributed by atoms with Gasteiger partial charge in [-0.1, -0.05) is 0 Å². The van der Waals surface area contributed by atoms with Crippen LogP contribution in [0.2, 0.25) is 0 Å². The minimum Gasteiger partial charge on any atom is -0.464 e. The Morgan fingerprint density at radius 2 is 2.41 bits per heavy atom. The first-order chi connectivity index (χ1) is 8.08. The maximum absolute atomic E-state index is 13.3. The molecule has 4 N–H and O–H groups in total. The van der Waals surface area contributed by atoms with Crippen molar-refractivity contribution in [2.45, 2.75) is 19.9 Å². The summed E-state index contributed by atoms with van der Waals surface area (Å²) in [6.45, 7) is 3.48. The third-order valence-electron chi connectivity index (χ3n) is 1.87. The lowest BCUT2D eigenvalue weighted by Gasteiger charge is -2.13. The second-order valence-electron chi connectivity index (χ2n) is 3.15. The van der Waals surface area contributed by atoms with Crippen LogP contribution in [0.25, 0.3) is 0 Å². The molecule has 17 heavy (non-hydrogen) atoms. The van der Waals surface area contributed by atoms with E-state index in [1.165, 1.54) is 6.92 Å². The Hall–Kier alpha value is -1.96. The minimum absolute atomic E-state index is 0.0463. The quantitative estimate of drug-likeness (QED) is 0.387. The number of aromatic nitrogens is 2. The van der Waals surface area contributed by atoms with Gasteiger partial charge in [0.15, 0.2) is 11.6 Å². The number of nitrogens with one attached hydrogen (secondary N) is 2. The van der Waals surface area contributed by atoms with Crippen LogP contribution in [-0.4, -0.2) is 28.6 Å². The molecule has 0 bridgehead atoms. The SMILES string of the molecule is CCOC(=O)C(C)Nc1nc(NN)ncc1F. The number of esters is 1. The predicted molar refractivity (Wildman–Crippen MR) is 59.5 cm³/mol. The van der Waals surface area contributed by atoms with Crippen molar-refractivity contribution in [1.29, 1.82) is 0 Å². The summed E-state index contributed by atoms with van der Waals surface area (Å²) in [5.74, 6) is 3.85. The lowest BCUT2D eigenvalue weighted by atomic mass is 10.3. The van der Waals surface area contributed by atoms with Crippen LogP contribution in [0.3, 0.4) is 0 Å². The monoisotopic (exact) mass is 243 g/mol. The number of halogens is 1. The van der Waals surface area contributed by atoms with Crippen LogP contribution < -0.4 is 16.6 Å². The highest BCUT2D eigenvalue weighted by molar-refractivity contribution is 5.78. The summed E-state index contributed by atoms with van der Waals surface area (Å²) in [5.41, 5.74) is 2.18. The third-order valence-corrected chi connectivity index (χ3v) is 1.87. The fourth-order valence-corrected chi connectivity index (χ4v) is 1.07. The zero-order chi connectivity index (χ0) is 12.8. The number of hydrazine groups is 1. The van der Waals surface area contributed by atoms with E-state index in [4.69, 9.17) is 10.6 Å². The van der Waals surface area contributed by atoms with Crippen LogP contribution in [0.1, 0.15) is 13.8 Å². The molecule has 0 saturated carbocycles. The Balaban J connectivity index is 2.76. The van der Waals surface area contributed by atoms with Crippen LogP contribution >= 0.6 is 0 Å². The van der Waals surface area contributed by atoms with Crippen LogP contribution in [0, 0.1) is 5.82 Å². The van der Waals surface area contributed by atoms with Crippen molar-refractivity contribution in [2.24, 2.45) is 5.84 Å². The lowest BCUT2D eigenvalue weighted by Crippen LogP contribution is -2.29. The Labute approximate surface area is 97.5 Å². The molecular weight excluding hydrogens is 229 g/mol. The molecule has 0 amide bonds. The topological polar surface area (TPSA) is 102 Å². The Morgan fingerprint density at radius 3 is 3.00 bits per heavy atom. The number of nitrogens with zero attached hydrogens (tertiary/aromatic N) is 2. The number of nitrogen functional groups attached to an aromatic ring is 1. The van der Waals surface area contributed by atoms with Crippen molar-refractivity contribution < 1.29 is 13.9 Å². The highest BCUT2D eigenvalue weighted by atomic mass is 19.1. The molecule has 1 aromatic heterocycles. The van der Waals surface area contributed by atoms with Gasteiger partial charge >= 0.3 is 5.97 Å². The van der Waals surface area contributed by atoms with Gasteiger partial charge in [0.2, 0.25) is 5.95 Å². The average molecular weight is 243 g/mol. The molecule has 0 spiro atoms. The first-order valence-corrected chi connectivity index (χ1v) is 5.00. The maximum Gasteiger partial charge on any atom is 0.328 e. The van der Waals surface area contributed by atoms with E-state index in [-0.39, 0.29) is 18.4 Å². The number of hydrogen-bond acceptors (Lipinski definition) is 7. The molecule has 1 heterocycles.